The molecule has 80 valence electrons. The van der Waals surface area contributed by atoms with E-state index in [0.717, 1.165) is 6.07 Å². The van der Waals surface area contributed by atoms with Gasteiger partial charge in [0.15, 0.2) is 0 Å². The van der Waals surface area contributed by atoms with Crippen LogP contribution in [0.25, 0.3) is 10.9 Å². The number of aryl methyl sites for hydroxylation is 2. The Labute approximate surface area is 84.3 Å². The number of fused-ring (bicyclic) bond motifs is 1. The van der Waals surface area contributed by atoms with Gasteiger partial charge in [0.1, 0.15) is 0 Å². The zero-order valence-electron chi connectivity index (χ0n) is 8.26. The van der Waals surface area contributed by atoms with E-state index in [9.17, 15) is 13.2 Å². The summed E-state index contributed by atoms with van der Waals surface area (Å²) in [7, 11) is 1.52. The third kappa shape index (κ3) is 1.48. The molecule has 15 heavy (non-hydrogen) atoms. The molecule has 0 aliphatic heterocycles. The number of hydrogen-bond donors (Lipinski definition) is 0. The van der Waals surface area contributed by atoms with Crippen LogP contribution in [-0.4, -0.2) is 9.78 Å². The van der Waals surface area contributed by atoms with Gasteiger partial charge in [-0.05, 0) is 13.0 Å². The fourth-order valence-electron chi connectivity index (χ4n) is 1.74. The highest BCUT2D eigenvalue weighted by Gasteiger charge is 2.33. The summed E-state index contributed by atoms with van der Waals surface area (Å²) in [6.45, 7) is 1.70. The molecule has 0 aliphatic rings. The van der Waals surface area contributed by atoms with Crippen LogP contribution in [0.2, 0.25) is 0 Å². The van der Waals surface area contributed by atoms with Crippen LogP contribution in [0.5, 0.6) is 0 Å². The van der Waals surface area contributed by atoms with Crippen LogP contribution in [0.4, 0.5) is 13.2 Å². The van der Waals surface area contributed by atoms with Crippen LogP contribution < -0.4 is 0 Å². The molecule has 0 radical (unpaired) electrons. The standard InChI is InChI=1S/C10H9F3N2/c1-6-7-4-3-5-8(10(11,12)13)9(7)15(2)14-6/h3-5H,1-2H3. The minimum absolute atomic E-state index is 0.141. The van der Waals surface area contributed by atoms with Gasteiger partial charge in [0.25, 0.3) is 0 Å². The van der Waals surface area contributed by atoms with Gasteiger partial charge in [-0.15, -0.1) is 0 Å². The number of rotatable bonds is 0. The topological polar surface area (TPSA) is 17.8 Å². The summed E-state index contributed by atoms with van der Waals surface area (Å²) in [4.78, 5) is 0. The van der Waals surface area contributed by atoms with E-state index in [1.54, 1.807) is 13.0 Å². The van der Waals surface area contributed by atoms with E-state index in [-0.39, 0.29) is 5.52 Å². The minimum atomic E-state index is -4.33. The Morgan fingerprint density at radius 2 is 1.93 bits per heavy atom. The molecule has 0 aliphatic carbocycles. The molecule has 2 nitrogen and oxygen atoms in total. The van der Waals surface area contributed by atoms with Crippen LogP contribution in [-0.2, 0) is 13.2 Å². The van der Waals surface area contributed by atoms with Crippen molar-refractivity contribution in [2.45, 2.75) is 13.1 Å². The van der Waals surface area contributed by atoms with Crippen molar-refractivity contribution in [3.05, 3.63) is 29.5 Å². The molecule has 1 aromatic carbocycles. The molecule has 1 heterocycles. The van der Waals surface area contributed by atoms with E-state index >= 15 is 0 Å². The minimum Gasteiger partial charge on any atom is -0.267 e. The molecule has 0 unspecified atom stereocenters. The van der Waals surface area contributed by atoms with Crippen LogP contribution >= 0.6 is 0 Å². The highest BCUT2D eigenvalue weighted by atomic mass is 19.4. The monoisotopic (exact) mass is 214 g/mol. The Hall–Kier alpha value is -1.52. The fraction of sp³-hybridized carbons (Fsp3) is 0.300. The molecule has 0 saturated carbocycles. The molecular formula is C10H9F3N2. The third-order valence-corrected chi connectivity index (χ3v) is 2.35. The SMILES string of the molecule is Cc1nn(C)c2c(C(F)(F)F)cccc12. The lowest BCUT2D eigenvalue weighted by atomic mass is 10.1. The summed E-state index contributed by atoms with van der Waals surface area (Å²) < 4.78 is 39.3. The van der Waals surface area contributed by atoms with Gasteiger partial charge in [-0.3, -0.25) is 4.68 Å². The highest BCUT2D eigenvalue weighted by Crippen LogP contribution is 2.35. The largest absolute Gasteiger partial charge is 0.418 e. The Balaban J connectivity index is 2.87. The van der Waals surface area contributed by atoms with Gasteiger partial charge in [-0.1, -0.05) is 12.1 Å². The van der Waals surface area contributed by atoms with Gasteiger partial charge >= 0.3 is 6.18 Å². The van der Waals surface area contributed by atoms with Crippen molar-refractivity contribution in [1.29, 1.82) is 0 Å². The maximum Gasteiger partial charge on any atom is 0.418 e. The molecule has 0 N–H and O–H groups in total. The summed E-state index contributed by atoms with van der Waals surface area (Å²) in [6.07, 6.45) is -4.33. The second kappa shape index (κ2) is 2.98. The first kappa shape index (κ1) is 10.0. The Morgan fingerprint density at radius 3 is 2.53 bits per heavy atom. The number of aromatic nitrogens is 2. The molecule has 0 amide bonds. The zero-order valence-corrected chi connectivity index (χ0v) is 8.26. The van der Waals surface area contributed by atoms with E-state index in [1.165, 1.54) is 17.8 Å². The molecule has 0 fully saturated rings. The molecule has 0 atom stereocenters. The smallest absolute Gasteiger partial charge is 0.267 e. The number of para-hydroxylation sites is 1. The second-order valence-corrected chi connectivity index (χ2v) is 3.41. The van der Waals surface area contributed by atoms with Crippen LogP contribution in [0.1, 0.15) is 11.3 Å². The molecule has 0 spiro atoms. The van der Waals surface area contributed by atoms with Crippen molar-refractivity contribution >= 4 is 10.9 Å². The lowest BCUT2D eigenvalue weighted by molar-refractivity contribution is -0.136. The first-order valence-corrected chi connectivity index (χ1v) is 4.41. The number of alkyl halides is 3. The maximum atomic E-state index is 12.7. The lowest BCUT2D eigenvalue weighted by Crippen LogP contribution is -2.07. The van der Waals surface area contributed by atoms with E-state index in [0.29, 0.717) is 11.1 Å². The van der Waals surface area contributed by atoms with Crippen molar-refractivity contribution in [1.82, 2.24) is 9.78 Å². The van der Waals surface area contributed by atoms with Gasteiger partial charge in [0, 0.05) is 12.4 Å². The van der Waals surface area contributed by atoms with E-state index < -0.39 is 11.7 Å². The first-order chi connectivity index (χ1) is 6.91. The Morgan fingerprint density at radius 1 is 1.27 bits per heavy atom. The molecular weight excluding hydrogens is 205 g/mol. The van der Waals surface area contributed by atoms with Crippen LogP contribution in [0.3, 0.4) is 0 Å². The van der Waals surface area contributed by atoms with E-state index in [4.69, 9.17) is 0 Å². The van der Waals surface area contributed by atoms with Crippen molar-refractivity contribution in [2.75, 3.05) is 0 Å². The van der Waals surface area contributed by atoms with Crippen LogP contribution in [0, 0.1) is 6.92 Å². The van der Waals surface area contributed by atoms with Gasteiger partial charge in [0.2, 0.25) is 0 Å². The Kier molecular flexibility index (Phi) is 1.99. The summed E-state index contributed by atoms with van der Waals surface area (Å²) in [6, 6.07) is 4.12. The summed E-state index contributed by atoms with van der Waals surface area (Å²) in [5, 5.41) is 4.53. The molecule has 0 bridgehead atoms. The van der Waals surface area contributed by atoms with Gasteiger partial charge < -0.3 is 0 Å². The molecule has 5 heteroatoms. The van der Waals surface area contributed by atoms with Gasteiger partial charge in [-0.25, -0.2) is 0 Å². The van der Waals surface area contributed by atoms with Gasteiger partial charge in [-0.2, -0.15) is 18.3 Å². The Bertz CT molecular complexity index is 511. The number of hydrogen-bond acceptors (Lipinski definition) is 1. The van der Waals surface area contributed by atoms with Crippen molar-refractivity contribution in [2.24, 2.45) is 7.05 Å². The fourth-order valence-corrected chi connectivity index (χ4v) is 1.74. The number of nitrogens with zero attached hydrogens (tertiary/aromatic N) is 2. The normalized spacial score (nSPS) is 12.3. The lowest BCUT2D eigenvalue weighted by Gasteiger charge is -2.08. The highest BCUT2D eigenvalue weighted by molar-refractivity contribution is 5.85. The van der Waals surface area contributed by atoms with Crippen molar-refractivity contribution in [3.8, 4) is 0 Å². The van der Waals surface area contributed by atoms with Gasteiger partial charge in [0.05, 0.1) is 16.8 Å². The molecule has 1 aromatic heterocycles. The van der Waals surface area contributed by atoms with Crippen molar-refractivity contribution in [3.63, 3.8) is 0 Å². The maximum absolute atomic E-state index is 12.7. The van der Waals surface area contributed by atoms with Crippen LogP contribution in [0.15, 0.2) is 18.2 Å². The van der Waals surface area contributed by atoms with E-state index in [1.807, 2.05) is 0 Å². The number of halogens is 3. The zero-order chi connectivity index (χ0) is 11.2. The number of benzene rings is 1. The average molecular weight is 214 g/mol. The quantitative estimate of drug-likeness (QED) is 0.659. The summed E-state index contributed by atoms with van der Waals surface area (Å²) in [5.41, 5.74) is 0.115. The summed E-state index contributed by atoms with van der Waals surface area (Å²) in [5.74, 6) is 0. The average Bonchev–Trinajstić information content (AvgIpc) is 2.41. The molecule has 2 rings (SSSR count). The summed E-state index contributed by atoms with van der Waals surface area (Å²) >= 11 is 0. The first-order valence-electron chi connectivity index (χ1n) is 4.41. The predicted molar refractivity (Wildman–Crippen MR) is 50.5 cm³/mol. The molecule has 0 saturated heterocycles. The third-order valence-electron chi connectivity index (χ3n) is 2.35. The van der Waals surface area contributed by atoms with E-state index in [2.05, 4.69) is 5.10 Å². The molecule has 2 aromatic rings. The second-order valence-electron chi connectivity index (χ2n) is 3.41. The van der Waals surface area contributed by atoms with Crippen molar-refractivity contribution < 1.29 is 13.2 Å². The predicted octanol–water partition coefficient (Wildman–Crippen LogP) is 2.90.